The fourth-order valence-electron chi connectivity index (χ4n) is 5.53. The van der Waals surface area contributed by atoms with E-state index in [1.54, 1.807) is 13.4 Å². The molecule has 1 aromatic carbocycles. The van der Waals surface area contributed by atoms with Crippen LogP contribution in [-0.4, -0.2) is 50.5 Å². The minimum absolute atomic E-state index is 0.00512. The number of nitrogens with one attached hydrogen (secondary N) is 1. The van der Waals surface area contributed by atoms with Crippen LogP contribution in [0, 0.1) is 0 Å². The Balaban J connectivity index is 1.30. The van der Waals surface area contributed by atoms with Crippen LogP contribution in [0.2, 0.25) is 0 Å². The van der Waals surface area contributed by atoms with Crippen molar-refractivity contribution < 1.29 is 14.3 Å². The second-order valence-electron chi connectivity index (χ2n) is 9.17. The van der Waals surface area contributed by atoms with E-state index in [0.29, 0.717) is 17.3 Å². The van der Waals surface area contributed by atoms with Crippen molar-refractivity contribution in [2.75, 3.05) is 12.4 Å². The molecular weight excluding hydrogens is 442 g/mol. The highest BCUT2D eigenvalue weighted by Crippen LogP contribution is 2.40. The SMILES string of the molecule is C=CC(=O)N1[C@@H]2CC[C@H]1CC(Oc1cc3c(Nc4ccn5cccc5c4)ncnc3cc1OC)C2. The summed E-state index contributed by atoms with van der Waals surface area (Å²) in [5, 5.41) is 4.28. The molecule has 1 N–H and O–H groups in total. The van der Waals surface area contributed by atoms with Crippen molar-refractivity contribution in [1.82, 2.24) is 19.3 Å². The van der Waals surface area contributed by atoms with Gasteiger partial charge in [0.2, 0.25) is 5.91 Å². The van der Waals surface area contributed by atoms with E-state index in [0.717, 1.165) is 47.8 Å². The van der Waals surface area contributed by atoms with E-state index in [2.05, 4.69) is 38.4 Å². The van der Waals surface area contributed by atoms with Gasteiger partial charge in [-0.15, -0.1) is 0 Å². The van der Waals surface area contributed by atoms with Crippen LogP contribution in [0.4, 0.5) is 11.5 Å². The van der Waals surface area contributed by atoms with Crippen LogP contribution in [0.5, 0.6) is 11.5 Å². The second kappa shape index (κ2) is 8.61. The van der Waals surface area contributed by atoms with Gasteiger partial charge in [-0.25, -0.2) is 9.97 Å². The zero-order chi connectivity index (χ0) is 23.9. The van der Waals surface area contributed by atoms with E-state index < -0.39 is 0 Å². The average Bonchev–Trinajstić information content (AvgIpc) is 3.45. The van der Waals surface area contributed by atoms with Crippen LogP contribution in [0.25, 0.3) is 16.4 Å². The molecule has 3 aromatic heterocycles. The number of hydrogen-bond acceptors (Lipinski definition) is 6. The third kappa shape index (κ3) is 3.84. The molecule has 0 aliphatic carbocycles. The Bertz CT molecular complexity index is 1420. The van der Waals surface area contributed by atoms with Gasteiger partial charge in [-0.3, -0.25) is 4.79 Å². The Morgan fingerprint density at radius 2 is 1.94 bits per heavy atom. The number of amides is 1. The maximum absolute atomic E-state index is 12.3. The topological polar surface area (TPSA) is 81.0 Å². The number of anilines is 2. The molecule has 2 bridgehead atoms. The van der Waals surface area contributed by atoms with Gasteiger partial charge in [0.1, 0.15) is 18.2 Å². The van der Waals surface area contributed by atoms with Gasteiger partial charge in [-0.05, 0) is 49.2 Å². The van der Waals surface area contributed by atoms with E-state index in [1.807, 2.05) is 41.6 Å². The van der Waals surface area contributed by atoms with Gasteiger partial charge in [-0.2, -0.15) is 0 Å². The van der Waals surface area contributed by atoms with Crippen LogP contribution in [0.1, 0.15) is 25.7 Å². The van der Waals surface area contributed by atoms with Crippen molar-refractivity contribution in [3.8, 4) is 11.5 Å². The summed E-state index contributed by atoms with van der Waals surface area (Å²) in [5.74, 6) is 2.01. The van der Waals surface area contributed by atoms with Crippen molar-refractivity contribution in [1.29, 1.82) is 0 Å². The highest BCUT2D eigenvalue weighted by molar-refractivity contribution is 5.93. The lowest BCUT2D eigenvalue weighted by Crippen LogP contribution is -2.48. The summed E-state index contributed by atoms with van der Waals surface area (Å²) in [7, 11) is 1.64. The first-order valence-corrected chi connectivity index (χ1v) is 11.9. The highest BCUT2D eigenvalue weighted by Gasteiger charge is 2.43. The van der Waals surface area contributed by atoms with E-state index in [1.165, 1.54) is 6.08 Å². The van der Waals surface area contributed by atoms with E-state index in [9.17, 15) is 4.79 Å². The molecule has 3 atom stereocenters. The minimum Gasteiger partial charge on any atom is -0.493 e. The molecule has 0 radical (unpaired) electrons. The number of carbonyl (C=O) groups excluding carboxylic acids is 1. The lowest BCUT2D eigenvalue weighted by atomic mass is 9.99. The molecule has 1 unspecified atom stereocenters. The quantitative estimate of drug-likeness (QED) is 0.412. The predicted octanol–water partition coefficient (Wildman–Crippen LogP) is 4.72. The maximum atomic E-state index is 12.3. The fraction of sp³-hybridized carbons (Fsp3) is 0.296. The molecule has 0 saturated carbocycles. The number of rotatable bonds is 6. The first-order valence-electron chi connectivity index (χ1n) is 11.9. The van der Waals surface area contributed by atoms with Crippen LogP contribution in [0.15, 0.2) is 67.8 Å². The standard InChI is InChI=1S/C27H27N5O3/c1-3-26(33)32-19-6-7-20(32)13-21(12-19)35-25-14-22-23(15-24(25)34-2)28-16-29-27(22)30-17-8-10-31-9-4-5-18(31)11-17/h3-5,8-11,14-16,19-21H,1,6-7,12-13H2,2H3,(H,28,29,30)/t19-,20+,21?. The lowest BCUT2D eigenvalue weighted by Gasteiger charge is -2.38. The van der Waals surface area contributed by atoms with Crippen molar-refractivity contribution >= 4 is 33.8 Å². The molecule has 0 spiro atoms. The largest absolute Gasteiger partial charge is 0.493 e. The predicted molar refractivity (Wildman–Crippen MR) is 134 cm³/mol. The molecule has 8 heteroatoms. The number of benzene rings is 1. The van der Waals surface area contributed by atoms with Crippen LogP contribution < -0.4 is 14.8 Å². The monoisotopic (exact) mass is 469 g/mol. The Morgan fingerprint density at radius 3 is 2.71 bits per heavy atom. The van der Waals surface area contributed by atoms with E-state index in [-0.39, 0.29) is 24.1 Å². The van der Waals surface area contributed by atoms with Gasteiger partial charge in [0.05, 0.1) is 12.6 Å². The highest BCUT2D eigenvalue weighted by atomic mass is 16.5. The number of piperidine rings is 1. The third-order valence-corrected chi connectivity index (χ3v) is 7.13. The summed E-state index contributed by atoms with van der Waals surface area (Å²) < 4.78 is 14.2. The first-order chi connectivity index (χ1) is 17.1. The molecule has 2 fully saturated rings. The number of aromatic nitrogens is 3. The second-order valence-corrected chi connectivity index (χ2v) is 9.17. The number of carbonyl (C=O) groups is 1. The Kier molecular flexibility index (Phi) is 5.28. The van der Waals surface area contributed by atoms with Crippen molar-refractivity contribution in [3.05, 3.63) is 67.8 Å². The Hall–Kier alpha value is -4.07. The molecule has 5 heterocycles. The number of nitrogens with zero attached hydrogens (tertiary/aromatic N) is 4. The normalized spacial score (nSPS) is 21.3. The molecule has 8 nitrogen and oxygen atoms in total. The van der Waals surface area contributed by atoms with Gasteiger partial charge in [0.25, 0.3) is 0 Å². The average molecular weight is 470 g/mol. The molecule has 178 valence electrons. The van der Waals surface area contributed by atoms with Crippen molar-refractivity contribution in [2.45, 2.75) is 43.9 Å². The molecular formula is C27H27N5O3. The summed E-state index contributed by atoms with van der Waals surface area (Å²) >= 11 is 0. The Labute approximate surface area is 203 Å². The van der Waals surface area contributed by atoms with Crippen molar-refractivity contribution in [3.63, 3.8) is 0 Å². The van der Waals surface area contributed by atoms with Gasteiger partial charge in [-0.1, -0.05) is 6.58 Å². The number of pyridine rings is 1. The van der Waals surface area contributed by atoms with Gasteiger partial charge < -0.3 is 24.1 Å². The number of hydrogen-bond donors (Lipinski definition) is 1. The van der Waals surface area contributed by atoms with Crippen LogP contribution in [-0.2, 0) is 4.79 Å². The Morgan fingerprint density at radius 1 is 1.11 bits per heavy atom. The number of fused-ring (bicyclic) bond motifs is 4. The molecule has 2 aliphatic heterocycles. The van der Waals surface area contributed by atoms with Crippen molar-refractivity contribution in [2.24, 2.45) is 0 Å². The first kappa shape index (κ1) is 21.5. The molecule has 6 rings (SSSR count). The number of methoxy groups -OCH3 is 1. The van der Waals surface area contributed by atoms with E-state index >= 15 is 0 Å². The number of ether oxygens (including phenoxy) is 2. The van der Waals surface area contributed by atoms with Crippen LogP contribution >= 0.6 is 0 Å². The molecule has 4 aromatic rings. The zero-order valence-electron chi connectivity index (χ0n) is 19.6. The molecule has 2 saturated heterocycles. The maximum Gasteiger partial charge on any atom is 0.246 e. The lowest BCUT2D eigenvalue weighted by molar-refractivity contribution is -0.131. The molecule has 1 amide bonds. The fourth-order valence-corrected chi connectivity index (χ4v) is 5.53. The minimum atomic E-state index is 0.00512. The third-order valence-electron chi connectivity index (χ3n) is 7.13. The summed E-state index contributed by atoms with van der Waals surface area (Å²) in [5.41, 5.74) is 2.79. The van der Waals surface area contributed by atoms with Gasteiger partial charge in [0.15, 0.2) is 11.5 Å². The van der Waals surface area contributed by atoms with Crippen LogP contribution in [0.3, 0.4) is 0 Å². The van der Waals surface area contributed by atoms with Gasteiger partial charge >= 0.3 is 0 Å². The summed E-state index contributed by atoms with van der Waals surface area (Å²) in [6, 6.07) is 12.4. The van der Waals surface area contributed by atoms with E-state index in [4.69, 9.17) is 9.47 Å². The summed E-state index contributed by atoms with van der Waals surface area (Å²) in [4.78, 5) is 23.3. The zero-order valence-corrected chi connectivity index (χ0v) is 19.6. The molecule has 2 aliphatic rings. The smallest absolute Gasteiger partial charge is 0.246 e. The summed E-state index contributed by atoms with van der Waals surface area (Å²) in [6.45, 7) is 3.66. The van der Waals surface area contributed by atoms with Gasteiger partial charge in [0, 0.05) is 60.0 Å². The molecule has 35 heavy (non-hydrogen) atoms. The summed E-state index contributed by atoms with van der Waals surface area (Å²) in [6.07, 6.45) is 10.6.